The van der Waals surface area contributed by atoms with Crippen LogP contribution in [0.25, 0.3) is 0 Å². The van der Waals surface area contributed by atoms with Crippen molar-refractivity contribution in [2.75, 3.05) is 17.3 Å². The molecule has 1 atom stereocenters. The smallest absolute Gasteiger partial charge is 0.256 e. The fraction of sp³-hybridized carbons (Fsp3) is 0.160. The minimum absolute atomic E-state index is 0.0738. The molecule has 1 fully saturated rings. The summed E-state index contributed by atoms with van der Waals surface area (Å²) in [6, 6.07) is 20.4. The Hall–Kier alpha value is -3.13. The zero-order valence-corrected chi connectivity index (χ0v) is 20.5. The summed E-state index contributed by atoms with van der Waals surface area (Å²) in [6.45, 7) is 0.347. The number of methoxy groups -OCH3 is 1. The van der Waals surface area contributed by atoms with Crippen LogP contribution in [0.5, 0.6) is 5.75 Å². The van der Waals surface area contributed by atoms with Crippen LogP contribution < -0.4 is 15.0 Å². The molecule has 0 aromatic heterocycles. The number of benzene rings is 3. The van der Waals surface area contributed by atoms with Gasteiger partial charge in [-0.05, 0) is 72.4 Å². The lowest BCUT2D eigenvalue weighted by atomic mass is 10.1. The second-order valence-corrected chi connectivity index (χ2v) is 8.93. The van der Waals surface area contributed by atoms with Crippen molar-refractivity contribution in [1.29, 1.82) is 0 Å². The largest absolute Gasteiger partial charge is 0.497 e. The van der Waals surface area contributed by atoms with E-state index in [9.17, 15) is 9.59 Å². The molecule has 3 aromatic rings. The lowest BCUT2D eigenvalue weighted by Gasteiger charge is -2.24. The summed E-state index contributed by atoms with van der Waals surface area (Å²) < 4.78 is 5.15. The second kappa shape index (κ2) is 10.4. The lowest BCUT2D eigenvalue weighted by molar-refractivity contribution is -0.124. The van der Waals surface area contributed by atoms with E-state index in [-0.39, 0.29) is 18.2 Å². The monoisotopic (exact) mass is 513 g/mol. The Bertz CT molecular complexity index is 1220. The lowest BCUT2D eigenvalue weighted by Crippen LogP contribution is -2.37. The number of amides is 2. The Morgan fingerprint density at radius 1 is 1.03 bits per heavy atom. The van der Waals surface area contributed by atoms with Crippen LogP contribution in [-0.2, 0) is 16.1 Å². The van der Waals surface area contributed by atoms with Crippen LogP contribution >= 0.6 is 35.4 Å². The van der Waals surface area contributed by atoms with Gasteiger partial charge in [0, 0.05) is 22.3 Å². The van der Waals surface area contributed by atoms with Crippen molar-refractivity contribution in [3.8, 4) is 5.75 Å². The molecule has 1 N–H and O–H groups in total. The van der Waals surface area contributed by atoms with E-state index >= 15 is 0 Å². The zero-order chi connectivity index (χ0) is 24.2. The third kappa shape index (κ3) is 5.33. The first-order valence-electron chi connectivity index (χ1n) is 10.4. The maximum absolute atomic E-state index is 13.5. The molecule has 1 saturated heterocycles. The van der Waals surface area contributed by atoms with Crippen LogP contribution in [0, 0.1) is 0 Å². The molecule has 1 aliphatic heterocycles. The summed E-state index contributed by atoms with van der Waals surface area (Å²) in [5, 5.41) is 4.24. The first-order chi connectivity index (χ1) is 16.4. The Morgan fingerprint density at radius 3 is 2.38 bits per heavy atom. The maximum atomic E-state index is 13.5. The summed E-state index contributed by atoms with van der Waals surface area (Å²) in [5.74, 6) is 0.0899. The normalized spacial score (nSPS) is 15.6. The van der Waals surface area contributed by atoms with E-state index in [2.05, 4.69) is 5.32 Å². The van der Waals surface area contributed by atoms with Gasteiger partial charge in [-0.2, -0.15) is 0 Å². The average molecular weight is 514 g/mol. The van der Waals surface area contributed by atoms with Gasteiger partial charge in [-0.1, -0.05) is 41.4 Å². The van der Waals surface area contributed by atoms with Crippen molar-refractivity contribution in [3.63, 3.8) is 0 Å². The van der Waals surface area contributed by atoms with Crippen molar-refractivity contribution in [1.82, 2.24) is 4.90 Å². The Balaban J connectivity index is 1.59. The molecule has 0 spiro atoms. The van der Waals surface area contributed by atoms with Crippen LogP contribution in [0.2, 0.25) is 10.0 Å². The van der Waals surface area contributed by atoms with Gasteiger partial charge in [0.05, 0.1) is 19.2 Å². The SMILES string of the molecule is COc1ccc(NC(=O)CC2C(=O)N(c3cccc(Cl)c3)C(=S)N2Cc2ccc(Cl)cc2)cc1. The van der Waals surface area contributed by atoms with Crippen molar-refractivity contribution < 1.29 is 14.3 Å². The fourth-order valence-electron chi connectivity index (χ4n) is 3.72. The number of hydrogen-bond acceptors (Lipinski definition) is 4. The third-order valence-corrected chi connectivity index (χ3v) is 6.31. The minimum Gasteiger partial charge on any atom is -0.497 e. The predicted molar refractivity (Wildman–Crippen MR) is 139 cm³/mol. The van der Waals surface area contributed by atoms with Gasteiger partial charge in [-0.25, -0.2) is 0 Å². The van der Waals surface area contributed by atoms with Gasteiger partial charge >= 0.3 is 0 Å². The first-order valence-corrected chi connectivity index (χ1v) is 11.6. The van der Waals surface area contributed by atoms with E-state index in [0.717, 1.165) is 5.56 Å². The van der Waals surface area contributed by atoms with Crippen molar-refractivity contribution in [3.05, 3.63) is 88.4 Å². The number of rotatable bonds is 7. The molecule has 2 amide bonds. The van der Waals surface area contributed by atoms with E-state index in [4.69, 9.17) is 40.2 Å². The number of nitrogens with one attached hydrogen (secondary N) is 1. The number of nitrogens with zero attached hydrogens (tertiary/aromatic N) is 2. The van der Waals surface area contributed by atoms with Gasteiger partial charge in [0.2, 0.25) is 5.91 Å². The predicted octanol–water partition coefficient (Wildman–Crippen LogP) is 5.53. The standard InChI is InChI=1S/C25H21Cl2N3O3S/c1-33-21-11-9-19(10-12-21)28-23(31)14-22-24(32)30(20-4-2-3-18(27)13-20)25(34)29(22)15-16-5-7-17(26)8-6-16/h2-13,22H,14-15H2,1H3,(H,28,31). The zero-order valence-electron chi connectivity index (χ0n) is 18.2. The number of halogens is 2. The van der Waals surface area contributed by atoms with Gasteiger partial charge in [0.15, 0.2) is 5.11 Å². The second-order valence-electron chi connectivity index (χ2n) is 7.69. The molecule has 3 aromatic carbocycles. The average Bonchev–Trinajstić information content (AvgIpc) is 3.04. The number of anilines is 2. The number of thiocarbonyl (C=S) groups is 1. The fourth-order valence-corrected chi connectivity index (χ4v) is 4.41. The quantitative estimate of drug-likeness (QED) is 0.420. The molecular weight excluding hydrogens is 493 g/mol. The molecule has 34 heavy (non-hydrogen) atoms. The van der Waals surface area contributed by atoms with Crippen molar-refractivity contribution >= 4 is 63.7 Å². The van der Waals surface area contributed by atoms with E-state index in [0.29, 0.717) is 38.8 Å². The highest BCUT2D eigenvalue weighted by Crippen LogP contribution is 2.30. The van der Waals surface area contributed by atoms with E-state index < -0.39 is 6.04 Å². The molecule has 1 unspecified atom stereocenters. The molecule has 0 bridgehead atoms. The molecule has 9 heteroatoms. The highest BCUT2D eigenvalue weighted by molar-refractivity contribution is 7.80. The Kier molecular flexibility index (Phi) is 7.36. The van der Waals surface area contributed by atoms with Crippen molar-refractivity contribution in [2.24, 2.45) is 0 Å². The highest BCUT2D eigenvalue weighted by atomic mass is 35.5. The summed E-state index contributed by atoms with van der Waals surface area (Å²) in [7, 11) is 1.57. The molecule has 1 aliphatic rings. The van der Waals surface area contributed by atoms with Crippen LogP contribution in [0.15, 0.2) is 72.8 Å². The number of ether oxygens (including phenoxy) is 1. The first kappa shape index (κ1) is 24.0. The molecule has 4 rings (SSSR count). The molecular formula is C25H21Cl2N3O3S. The Labute approximate surface area is 213 Å². The summed E-state index contributed by atoms with van der Waals surface area (Å²) in [6.07, 6.45) is -0.0738. The van der Waals surface area contributed by atoms with Gasteiger partial charge in [0.1, 0.15) is 11.8 Å². The molecule has 0 saturated carbocycles. The molecule has 174 valence electrons. The van der Waals surface area contributed by atoms with Crippen molar-refractivity contribution in [2.45, 2.75) is 19.0 Å². The number of hydrogen-bond donors (Lipinski definition) is 1. The van der Waals surface area contributed by atoms with Gasteiger partial charge in [-0.3, -0.25) is 14.5 Å². The highest BCUT2D eigenvalue weighted by Gasteiger charge is 2.44. The minimum atomic E-state index is -0.777. The van der Waals surface area contributed by atoms with E-state index in [1.165, 1.54) is 4.90 Å². The number of carbonyl (C=O) groups is 2. The summed E-state index contributed by atoms with van der Waals surface area (Å²) in [5.41, 5.74) is 2.07. The molecule has 1 heterocycles. The molecule has 0 aliphatic carbocycles. The van der Waals surface area contributed by atoms with Crippen LogP contribution in [0.1, 0.15) is 12.0 Å². The van der Waals surface area contributed by atoms with E-state index in [1.807, 2.05) is 12.1 Å². The number of carbonyl (C=O) groups excluding carboxylic acids is 2. The summed E-state index contributed by atoms with van der Waals surface area (Å²) >= 11 is 17.9. The molecule has 0 radical (unpaired) electrons. The van der Waals surface area contributed by atoms with Gasteiger partial charge in [-0.15, -0.1) is 0 Å². The summed E-state index contributed by atoms with van der Waals surface area (Å²) in [4.78, 5) is 29.6. The Morgan fingerprint density at radius 2 is 1.74 bits per heavy atom. The van der Waals surface area contributed by atoms with Crippen LogP contribution in [0.4, 0.5) is 11.4 Å². The topological polar surface area (TPSA) is 61.9 Å². The van der Waals surface area contributed by atoms with E-state index in [1.54, 1.807) is 72.7 Å². The van der Waals surface area contributed by atoms with Crippen LogP contribution in [0.3, 0.4) is 0 Å². The van der Waals surface area contributed by atoms with Gasteiger partial charge in [0.25, 0.3) is 5.91 Å². The van der Waals surface area contributed by atoms with Gasteiger partial charge < -0.3 is 15.0 Å². The van der Waals surface area contributed by atoms with Crippen LogP contribution in [-0.4, -0.2) is 35.0 Å². The third-order valence-electron chi connectivity index (χ3n) is 5.40. The molecule has 6 nitrogen and oxygen atoms in total. The maximum Gasteiger partial charge on any atom is 0.256 e.